The lowest BCUT2D eigenvalue weighted by Crippen LogP contribution is -2.29. The molecule has 0 aliphatic carbocycles. The van der Waals surface area contributed by atoms with Gasteiger partial charge in [0, 0.05) is 12.6 Å². The summed E-state index contributed by atoms with van der Waals surface area (Å²) in [6.45, 7) is 2.47. The Morgan fingerprint density at radius 1 is 1.00 bits per heavy atom. The number of benzene rings is 2. The Balaban J connectivity index is 1.76. The van der Waals surface area contributed by atoms with Crippen molar-refractivity contribution in [3.63, 3.8) is 0 Å². The highest BCUT2D eigenvalue weighted by Crippen LogP contribution is 2.07. The maximum absolute atomic E-state index is 12.1. The van der Waals surface area contributed by atoms with E-state index in [-0.39, 0.29) is 11.7 Å². The van der Waals surface area contributed by atoms with Gasteiger partial charge in [0.15, 0.2) is 0 Å². The molecule has 0 spiro atoms. The highest BCUT2D eigenvalue weighted by molar-refractivity contribution is 7.89. The van der Waals surface area contributed by atoms with Gasteiger partial charge in [0.2, 0.25) is 10.0 Å². The van der Waals surface area contributed by atoms with Gasteiger partial charge in [-0.2, -0.15) is 0 Å². The third kappa shape index (κ3) is 8.19. The second-order valence-electron chi connectivity index (χ2n) is 6.03. The quantitative estimate of drug-likeness (QED) is 0.502. The van der Waals surface area contributed by atoms with Crippen LogP contribution in [0.4, 0.5) is 0 Å². The van der Waals surface area contributed by atoms with Crippen molar-refractivity contribution in [3.05, 3.63) is 77.4 Å². The molecular formula is C21H25NO4S. The van der Waals surface area contributed by atoms with Crippen LogP contribution in [-0.4, -0.2) is 33.3 Å². The second kappa shape index (κ2) is 10.6. The first-order valence-electron chi connectivity index (χ1n) is 8.93. The van der Waals surface area contributed by atoms with Crippen molar-refractivity contribution in [2.45, 2.75) is 19.8 Å². The number of nitrogens with one attached hydrogen (secondary N) is 1. The predicted octanol–water partition coefficient (Wildman–Crippen LogP) is 2.97. The number of carbonyl (C=O) groups excluding carboxylic acids is 1. The van der Waals surface area contributed by atoms with E-state index in [9.17, 15) is 13.2 Å². The molecule has 0 atom stereocenters. The summed E-state index contributed by atoms with van der Waals surface area (Å²) >= 11 is 0. The topological polar surface area (TPSA) is 72.5 Å². The molecular weight excluding hydrogens is 362 g/mol. The fourth-order valence-corrected chi connectivity index (χ4v) is 3.53. The normalized spacial score (nSPS) is 11.6. The molecule has 144 valence electrons. The van der Waals surface area contributed by atoms with Gasteiger partial charge in [-0.15, -0.1) is 0 Å². The minimum atomic E-state index is -3.29. The molecule has 0 radical (unpaired) electrons. The molecule has 2 rings (SSSR count). The maximum Gasteiger partial charge on any atom is 0.330 e. The Bertz CT molecular complexity index is 844. The second-order valence-corrected chi connectivity index (χ2v) is 7.95. The Hall–Kier alpha value is -2.44. The molecule has 0 amide bonds. The largest absolute Gasteiger partial charge is 0.463 e. The molecule has 5 nitrogen and oxygen atoms in total. The highest BCUT2D eigenvalue weighted by atomic mass is 32.2. The summed E-state index contributed by atoms with van der Waals surface area (Å²) in [6, 6.07) is 17.2. The van der Waals surface area contributed by atoms with E-state index >= 15 is 0 Å². The summed E-state index contributed by atoms with van der Waals surface area (Å²) in [6.07, 6.45) is 4.18. The van der Waals surface area contributed by atoms with Crippen molar-refractivity contribution >= 4 is 22.1 Å². The van der Waals surface area contributed by atoms with Gasteiger partial charge < -0.3 is 4.74 Å². The lowest BCUT2D eigenvalue weighted by atomic mass is 10.1. The van der Waals surface area contributed by atoms with Crippen molar-refractivity contribution in [1.29, 1.82) is 0 Å². The molecule has 0 aliphatic rings. The van der Waals surface area contributed by atoms with Gasteiger partial charge in [0.05, 0.1) is 12.4 Å². The SMILES string of the molecule is CCOC(=O)/C=C/c1ccc(CCNS(=O)(=O)CCc2ccccc2)cc1. The summed E-state index contributed by atoms with van der Waals surface area (Å²) in [5.74, 6) is -0.291. The fraction of sp³-hybridized carbons (Fsp3) is 0.286. The standard InChI is InChI=1S/C21H25NO4S/c1-2-26-21(23)13-12-19-8-10-20(11-9-19)14-16-22-27(24,25)17-15-18-6-4-3-5-7-18/h3-13,22H,2,14-17H2,1H3/b13-12+. The molecule has 0 aromatic heterocycles. The Kier molecular flexibility index (Phi) is 8.23. The average Bonchev–Trinajstić information content (AvgIpc) is 2.67. The van der Waals surface area contributed by atoms with Gasteiger partial charge in [0.1, 0.15) is 0 Å². The Morgan fingerprint density at radius 3 is 2.33 bits per heavy atom. The number of esters is 1. The predicted molar refractivity (Wildman–Crippen MR) is 108 cm³/mol. The van der Waals surface area contributed by atoms with Gasteiger partial charge >= 0.3 is 5.97 Å². The number of aryl methyl sites for hydroxylation is 1. The lowest BCUT2D eigenvalue weighted by Gasteiger charge is -2.07. The molecule has 2 aromatic carbocycles. The first-order chi connectivity index (χ1) is 13.0. The fourth-order valence-electron chi connectivity index (χ4n) is 2.47. The molecule has 0 unspecified atom stereocenters. The number of hydrogen-bond acceptors (Lipinski definition) is 4. The molecule has 0 bridgehead atoms. The van der Waals surface area contributed by atoms with Crippen LogP contribution in [0, 0.1) is 0 Å². The first kappa shape index (κ1) is 20.9. The molecule has 27 heavy (non-hydrogen) atoms. The van der Waals surface area contributed by atoms with Crippen molar-refractivity contribution < 1.29 is 17.9 Å². The van der Waals surface area contributed by atoms with Gasteiger partial charge in [0.25, 0.3) is 0 Å². The monoisotopic (exact) mass is 387 g/mol. The van der Waals surface area contributed by atoms with Gasteiger partial charge in [-0.3, -0.25) is 0 Å². The van der Waals surface area contributed by atoms with Crippen LogP contribution in [0.15, 0.2) is 60.7 Å². The van der Waals surface area contributed by atoms with E-state index in [1.165, 1.54) is 6.08 Å². The van der Waals surface area contributed by atoms with Crippen molar-refractivity contribution in [3.8, 4) is 0 Å². The molecule has 6 heteroatoms. The van der Waals surface area contributed by atoms with Gasteiger partial charge in [-0.25, -0.2) is 17.9 Å². The molecule has 0 fully saturated rings. The summed E-state index contributed by atoms with van der Waals surface area (Å²) in [5.41, 5.74) is 2.92. The number of ether oxygens (including phenoxy) is 1. The van der Waals surface area contributed by atoms with E-state index < -0.39 is 10.0 Å². The Morgan fingerprint density at radius 2 is 1.67 bits per heavy atom. The van der Waals surface area contributed by atoms with Gasteiger partial charge in [-0.1, -0.05) is 54.6 Å². The van der Waals surface area contributed by atoms with Gasteiger partial charge in [-0.05, 0) is 42.5 Å². The van der Waals surface area contributed by atoms with E-state index in [2.05, 4.69) is 4.72 Å². The minimum Gasteiger partial charge on any atom is -0.463 e. The number of rotatable bonds is 10. The van der Waals surface area contributed by atoms with Crippen LogP contribution in [-0.2, 0) is 32.4 Å². The molecule has 0 aliphatic heterocycles. The zero-order valence-electron chi connectivity index (χ0n) is 15.4. The number of sulfonamides is 1. The molecule has 1 N–H and O–H groups in total. The molecule has 0 saturated carbocycles. The van der Waals surface area contributed by atoms with Crippen LogP contribution in [0.5, 0.6) is 0 Å². The average molecular weight is 388 g/mol. The summed E-state index contributed by atoms with van der Waals surface area (Å²) in [4.78, 5) is 11.3. The van der Waals surface area contributed by atoms with Crippen molar-refractivity contribution in [2.24, 2.45) is 0 Å². The molecule has 0 saturated heterocycles. The zero-order chi connectivity index (χ0) is 19.5. The van der Waals surface area contributed by atoms with E-state index in [1.807, 2.05) is 54.6 Å². The first-order valence-corrected chi connectivity index (χ1v) is 10.6. The molecule has 2 aromatic rings. The molecule has 0 heterocycles. The van der Waals surface area contributed by atoms with Crippen LogP contribution in [0.2, 0.25) is 0 Å². The van der Waals surface area contributed by atoms with Crippen LogP contribution >= 0.6 is 0 Å². The van der Waals surface area contributed by atoms with Crippen LogP contribution in [0.3, 0.4) is 0 Å². The highest BCUT2D eigenvalue weighted by Gasteiger charge is 2.09. The zero-order valence-corrected chi connectivity index (χ0v) is 16.2. The summed E-state index contributed by atoms with van der Waals surface area (Å²) in [5, 5.41) is 0. The third-order valence-electron chi connectivity index (χ3n) is 3.92. The van der Waals surface area contributed by atoms with Crippen LogP contribution in [0.1, 0.15) is 23.6 Å². The van der Waals surface area contributed by atoms with Crippen LogP contribution in [0.25, 0.3) is 6.08 Å². The van der Waals surface area contributed by atoms with Crippen LogP contribution < -0.4 is 4.72 Å². The number of hydrogen-bond donors (Lipinski definition) is 1. The van der Waals surface area contributed by atoms with E-state index in [1.54, 1.807) is 13.0 Å². The van der Waals surface area contributed by atoms with Crippen molar-refractivity contribution in [1.82, 2.24) is 4.72 Å². The smallest absolute Gasteiger partial charge is 0.330 e. The van der Waals surface area contributed by atoms with E-state index in [4.69, 9.17) is 4.74 Å². The third-order valence-corrected chi connectivity index (χ3v) is 5.30. The van der Waals surface area contributed by atoms with E-state index in [0.29, 0.717) is 26.0 Å². The summed E-state index contributed by atoms with van der Waals surface area (Å²) < 4.78 is 31.6. The number of carbonyl (C=O) groups is 1. The van der Waals surface area contributed by atoms with Crippen molar-refractivity contribution in [2.75, 3.05) is 18.9 Å². The van der Waals surface area contributed by atoms with E-state index in [0.717, 1.165) is 16.7 Å². The maximum atomic E-state index is 12.1. The Labute approximate surface area is 161 Å². The lowest BCUT2D eigenvalue weighted by molar-refractivity contribution is -0.137. The summed E-state index contributed by atoms with van der Waals surface area (Å²) in [7, 11) is -3.29. The minimum absolute atomic E-state index is 0.0780.